The quantitative estimate of drug-likeness (QED) is 0.583. The first-order valence-corrected chi connectivity index (χ1v) is 11.3. The Kier molecular flexibility index (Phi) is 5.85. The molecule has 5 rings (SSSR count). The molecule has 3 aromatic rings. The molecule has 2 atom stereocenters. The van der Waals surface area contributed by atoms with Crippen molar-refractivity contribution in [1.29, 1.82) is 0 Å². The Morgan fingerprint density at radius 2 is 1.88 bits per heavy atom. The van der Waals surface area contributed by atoms with Crippen molar-refractivity contribution in [1.82, 2.24) is 30.5 Å². The Labute approximate surface area is 197 Å². The van der Waals surface area contributed by atoms with Crippen molar-refractivity contribution in [3.63, 3.8) is 0 Å². The summed E-state index contributed by atoms with van der Waals surface area (Å²) in [7, 11) is 0. The van der Waals surface area contributed by atoms with Gasteiger partial charge in [0.25, 0.3) is 0 Å². The molecule has 2 aromatic carbocycles. The maximum atomic E-state index is 13.2. The Hall–Kier alpha value is -3.98. The third kappa shape index (κ3) is 4.17. The van der Waals surface area contributed by atoms with E-state index in [1.54, 1.807) is 6.20 Å². The highest BCUT2D eigenvalue weighted by Gasteiger charge is 2.44. The second-order valence-electron chi connectivity index (χ2n) is 8.60. The van der Waals surface area contributed by atoms with Gasteiger partial charge in [-0.15, -0.1) is 0 Å². The first-order chi connectivity index (χ1) is 16.5. The van der Waals surface area contributed by atoms with Gasteiger partial charge in [0.15, 0.2) is 0 Å². The summed E-state index contributed by atoms with van der Waals surface area (Å²) in [4.78, 5) is 46.2. The van der Waals surface area contributed by atoms with E-state index in [9.17, 15) is 14.4 Å². The highest BCUT2D eigenvalue weighted by molar-refractivity contribution is 6.35. The Morgan fingerprint density at radius 1 is 1.09 bits per heavy atom. The first-order valence-electron chi connectivity index (χ1n) is 11.3. The fraction of sp³-hybridized carbons (Fsp3) is 0.280. The Morgan fingerprint density at radius 3 is 2.71 bits per heavy atom. The van der Waals surface area contributed by atoms with Crippen LogP contribution in [0, 0.1) is 0 Å². The number of aromatic nitrogens is 1. The molecule has 0 saturated carbocycles. The van der Waals surface area contributed by atoms with Crippen molar-refractivity contribution in [2.24, 2.45) is 0 Å². The number of hydrazine groups is 1. The molecule has 2 fully saturated rings. The van der Waals surface area contributed by atoms with Gasteiger partial charge < -0.3 is 10.2 Å². The predicted octanol–water partition coefficient (Wildman–Crippen LogP) is 2.02. The molecule has 2 N–H and O–H groups in total. The predicted molar refractivity (Wildman–Crippen MR) is 126 cm³/mol. The van der Waals surface area contributed by atoms with Gasteiger partial charge in [0.05, 0.1) is 11.6 Å². The van der Waals surface area contributed by atoms with E-state index in [2.05, 4.69) is 20.6 Å². The molecule has 9 nitrogen and oxygen atoms in total. The van der Waals surface area contributed by atoms with Crippen LogP contribution >= 0.6 is 0 Å². The number of carbonyl (C=O) groups is 3. The number of nitrogens with zero attached hydrogens (tertiary/aromatic N) is 4. The average Bonchev–Trinajstić information content (AvgIpc) is 2.87. The van der Waals surface area contributed by atoms with Gasteiger partial charge in [-0.05, 0) is 24.1 Å². The highest BCUT2D eigenvalue weighted by atomic mass is 16.2. The van der Waals surface area contributed by atoms with E-state index in [4.69, 9.17) is 0 Å². The van der Waals surface area contributed by atoms with E-state index in [1.807, 2.05) is 67.6 Å². The topological polar surface area (TPSA) is 97.9 Å². The normalized spacial score (nSPS) is 19.5. The van der Waals surface area contributed by atoms with Crippen LogP contribution < -0.4 is 10.7 Å². The number of rotatable bonds is 4. The fourth-order valence-corrected chi connectivity index (χ4v) is 4.58. The number of urea groups is 1. The van der Waals surface area contributed by atoms with Crippen LogP contribution in [0.1, 0.15) is 24.1 Å². The molecule has 174 valence electrons. The third-order valence-corrected chi connectivity index (χ3v) is 6.38. The first kappa shape index (κ1) is 21.8. The Bertz CT molecular complexity index is 1230. The second kappa shape index (κ2) is 9.11. The van der Waals surface area contributed by atoms with Crippen LogP contribution in [0.4, 0.5) is 4.79 Å². The van der Waals surface area contributed by atoms with E-state index in [0.29, 0.717) is 26.2 Å². The van der Waals surface area contributed by atoms with E-state index in [1.165, 1.54) is 9.91 Å². The number of hydrogen-bond donors (Lipinski definition) is 2. The van der Waals surface area contributed by atoms with Crippen molar-refractivity contribution >= 4 is 28.7 Å². The van der Waals surface area contributed by atoms with E-state index < -0.39 is 24.0 Å². The summed E-state index contributed by atoms with van der Waals surface area (Å²) in [6.07, 6.45) is 1.17. The van der Waals surface area contributed by atoms with Gasteiger partial charge in [-0.3, -0.25) is 24.9 Å². The van der Waals surface area contributed by atoms with Crippen LogP contribution in [0.3, 0.4) is 0 Å². The fourth-order valence-electron chi connectivity index (χ4n) is 4.58. The van der Waals surface area contributed by atoms with Crippen LogP contribution in [0.2, 0.25) is 0 Å². The molecule has 0 radical (unpaired) electrons. The molecule has 2 saturated heterocycles. The van der Waals surface area contributed by atoms with Gasteiger partial charge in [0.1, 0.15) is 6.17 Å². The minimum absolute atomic E-state index is 0.266. The summed E-state index contributed by atoms with van der Waals surface area (Å²) < 4.78 is 0. The number of carbonyl (C=O) groups excluding carboxylic acids is 3. The molecule has 0 bridgehead atoms. The summed E-state index contributed by atoms with van der Waals surface area (Å²) in [5.74, 6) is -1.41. The molecule has 34 heavy (non-hydrogen) atoms. The summed E-state index contributed by atoms with van der Waals surface area (Å²) in [5.41, 5.74) is 5.45. The monoisotopic (exact) mass is 458 g/mol. The largest absolute Gasteiger partial charge is 0.338 e. The summed E-state index contributed by atoms with van der Waals surface area (Å²) in [5, 5.41) is 5.24. The van der Waals surface area contributed by atoms with Crippen molar-refractivity contribution in [2.75, 3.05) is 19.6 Å². The van der Waals surface area contributed by atoms with Gasteiger partial charge >= 0.3 is 17.8 Å². The molecule has 9 heteroatoms. The Balaban J connectivity index is 1.34. The molecule has 0 spiro atoms. The number of para-hydroxylation sites is 1. The number of nitrogens with one attached hydrogen (secondary N) is 2. The van der Waals surface area contributed by atoms with Crippen LogP contribution in [-0.2, 0) is 16.1 Å². The third-order valence-electron chi connectivity index (χ3n) is 6.38. The number of piperazine rings is 1. The molecule has 0 aliphatic carbocycles. The van der Waals surface area contributed by atoms with Crippen molar-refractivity contribution < 1.29 is 14.4 Å². The minimum atomic E-state index is -0.800. The lowest BCUT2D eigenvalue weighted by atomic mass is 10.1. The number of hydrogen-bond acceptors (Lipinski definition) is 5. The van der Waals surface area contributed by atoms with E-state index in [-0.39, 0.29) is 6.04 Å². The average molecular weight is 459 g/mol. The van der Waals surface area contributed by atoms with Gasteiger partial charge in [0.2, 0.25) is 0 Å². The van der Waals surface area contributed by atoms with Crippen molar-refractivity contribution in [2.45, 2.75) is 25.7 Å². The van der Waals surface area contributed by atoms with E-state index >= 15 is 0 Å². The number of benzene rings is 2. The van der Waals surface area contributed by atoms with Gasteiger partial charge in [-0.1, -0.05) is 54.6 Å². The number of pyridine rings is 1. The molecule has 1 aromatic heterocycles. The molecule has 3 heterocycles. The lowest BCUT2D eigenvalue weighted by Gasteiger charge is -2.48. The molecular weight excluding hydrogens is 432 g/mol. The molecule has 1 unspecified atom stereocenters. The number of fused-ring (bicyclic) bond motifs is 2. The smallest absolute Gasteiger partial charge is 0.330 e. The minimum Gasteiger partial charge on any atom is -0.330 e. The van der Waals surface area contributed by atoms with Crippen LogP contribution in [0.5, 0.6) is 0 Å². The van der Waals surface area contributed by atoms with Gasteiger partial charge in [-0.25, -0.2) is 9.80 Å². The SMILES string of the molecule is C[C@H](NC(=O)N1NC(=O)C(=O)N2CCN(Cc3cccc4cccnc34)CC21)c1ccccc1. The van der Waals surface area contributed by atoms with Crippen LogP contribution in [-0.4, -0.2) is 63.4 Å². The lowest BCUT2D eigenvalue weighted by Crippen LogP contribution is -2.74. The van der Waals surface area contributed by atoms with Crippen LogP contribution in [0.25, 0.3) is 10.9 Å². The number of amides is 4. The van der Waals surface area contributed by atoms with Crippen LogP contribution in [0.15, 0.2) is 66.9 Å². The molecule has 2 aliphatic rings. The zero-order valence-electron chi connectivity index (χ0n) is 18.8. The molecule has 4 amide bonds. The van der Waals surface area contributed by atoms with Crippen molar-refractivity contribution in [3.8, 4) is 0 Å². The molecular formula is C25H26N6O3. The summed E-state index contributed by atoms with van der Waals surface area (Å²) in [6.45, 7) is 3.85. The summed E-state index contributed by atoms with van der Waals surface area (Å²) in [6, 6.07) is 18.9. The van der Waals surface area contributed by atoms with E-state index in [0.717, 1.165) is 22.0 Å². The maximum absolute atomic E-state index is 13.2. The zero-order chi connectivity index (χ0) is 23.7. The van der Waals surface area contributed by atoms with Gasteiger partial charge in [-0.2, -0.15) is 0 Å². The second-order valence-corrected chi connectivity index (χ2v) is 8.60. The zero-order valence-corrected chi connectivity index (χ0v) is 18.8. The standard InChI is InChI=1S/C25H26N6O3/c1-17(18-7-3-2-4-8-18)27-25(34)31-21-16-29(13-14-30(21)24(33)23(32)28-31)15-20-10-5-9-19-11-6-12-26-22(19)20/h2-12,17,21H,13-16H2,1H3,(H,27,34)(H,28,32)/t17-,21?/m0/s1. The maximum Gasteiger partial charge on any atom is 0.338 e. The molecule has 2 aliphatic heterocycles. The summed E-state index contributed by atoms with van der Waals surface area (Å²) >= 11 is 0. The lowest BCUT2D eigenvalue weighted by molar-refractivity contribution is -0.164. The van der Waals surface area contributed by atoms with Crippen molar-refractivity contribution in [3.05, 3.63) is 78.0 Å². The highest BCUT2D eigenvalue weighted by Crippen LogP contribution is 2.22. The van der Waals surface area contributed by atoms with Gasteiger partial charge in [0, 0.05) is 37.8 Å².